The van der Waals surface area contributed by atoms with Crippen molar-refractivity contribution < 1.29 is 58.6 Å². The summed E-state index contributed by atoms with van der Waals surface area (Å²) in [6.07, 6.45) is 1.36. The quantitative estimate of drug-likeness (QED) is 0.118. The largest absolute Gasteiger partial charge is 1.00 e. The molecule has 0 aliphatic carbocycles. The number of amides is 5. The second-order valence-corrected chi connectivity index (χ2v) is 12.6. The van der Waals surface area contributed by atoms with Gasteiger partial charge in [-0.25, -0.2) is 9.48 Å². The van der Waals surface area contributed by atoms with Crippen LogP contribution in [0.2, 0.25) is 0 Å². The first-order valence-corrected chi connectivity index (χ1v) is 16.4. The molecule has 2 N–H and O–H groups in total. The molecule has 5 rings (SSSR count). The number of tetrazole rings is 1. The molecule has 240 valence electrons. The van der Waals surface area contributed by atoms with Gasteiger partial charge in [0.2, 0.25) is 17.0 Å². The van der Waals surface area contributed by atoms with Crippen LogP contribution >= 0.6 is 23.5 Å². The number of carboxylic acids is 1. The van der Waals surface area contributed by atoms with Crippen molar-refractivity contribution in [2.45, 2.75) is 41.9 Å². The molecule has 0 spiro atoms. The Morgan fingerprint density at radius 3 is 2.43 bits per heavy atom. The minimum Gasteiger partial charge on any atom is -0.543 e. The first-order valence-electron chi connectivity index (χ1n) is 14.3. The van der Waals surface area contributed by atoms with Crippen LogP contribution < -0.4 is 45.3 Å². The number of benzene rings is 2. The summed E-state index contributed by atoms with van der Waals surface area (Å²) >= 11 is 2.53. The second kappa shape index (κ2) is 16.4. The number of thioether (sulfide) groups is 2. The summed E-state index contributed by atoms with van der Waals surface area (Å²) in [5, 5.41) is 28.4. The fourth-order valence-corrected chi connectivity index (χ4v) is 7.38. The van der Waals surface area contributed by atoms with Gasteiger partial charge in [-0.2, -0.15) is 0 Å². The molecular formula is C30H31N8NaO6S2. The van der Waals surface area contributed by atoms with Gasteiger partial charge in [0.25, 0.3) is 5.91 Å². The average Bonchev–Trinajstić information content (AvgIpc) is 3.48. The van der Waals surface area contributed by atoms with E-state index in [4.69, 9.17) is 0 Å². The maximum atomic E-state index is 13.6. The third kappa shape index (κ3) is 8.43. The van der Waals surface area contributed by atoms with Gasteiger partial charge in [0.05, 0.1) is 11.7 Å². The summed E-state index contributed by atoms with van der Waals surface area (Å²) in [6, 6.07) is 15.1. The number of rotatable bonds is 12. The third-order valence-electron chi connectivity index (χ3n) is 7.54. The molecule has 2 aliphatic heterocycles. The van der Waals surface area contributed by atoms with Crippen LogP contribution in [0.3, 0.4) is 0 Å². The van der Waals surface area contributed by atoms with E-state index in [2.05, 4.69) is 26.2 Å². The Kier molecular flexibility index (Phi) is 12.6. The van der Waals surface area contributed by atoms with Crippen LogP contribution in [0, 0.1) is 0 Å². The molecule has 0 saturated carbocycles. The van der Waals surface area contributed by atoms with Crippen molar-refractivity contribution in [1.29, 1.82) is 0 Å². The number of imide groups is 1. The summed E-state index contributed by atoms with van der Waals surface area (Å²) < 4.78 is 1.45. The maximum Gasteiger partial charge on any atom is 1.00 e. The number of hydrogen-bond acceptors (Lipinski definition) is 11. The summed E-state index contributed by atoms with van der Waals surface area (Å²) in [4.78, 5) is 67.0. The molecule has 5 amide bonds. The zero-order valence-corrected chi connectivity index (χ0v) is 29.6. The minimum atomic E-state index is -1.50. The number of β-lactam (4-membered cyclic amide) rings is 1. The van der Waals surface area contributed by atoms with Crippen molar-refractivity contribution in [2.75, 3.05) is 18.6 Å². The van der Waals surface area contributed by atoms with Crippen molar-refractivity contribution in [3.8, 4) is 0 Å². The molecule has 3 atom stereocenters. The summed E-state index contributed by atoms with van der Waals surface area (Å²) in [5.74, 6) is -2.71. The van der Waals surface area contributed by atoms with Crippen molar-refractivity contribution >= 4 is 53.2 Å². The van der Waals surface area contributed by atoms with E-state index in [1.54, 1.807) is 37.4 Å². The maximum absolute atomic E-state index is 13.6. The Hall–Kier alpha value is -3.70. The zero-order chi connectivity index (χ0) is 32.8. The molecule has 17 heteroatoms. The van der Waals surface area contributed by atoms with Crippen LogP contribution in [-0.4, -0.2) is 89.7 Å². The van der Waals surface area contributed by atoms with Gasteiger partial charge in [0, 0.05) is 32.0 Å². The molecule has 1 fully saturated rings. The first kappa shape index (κ1) is 36.1. The molecule has 2 aliphatic rings. The molecule has 47 heavy (non-hydrogen) atoms. The Morgan fingerprint density at radius 2 is 1.79 bits per heavy atom. The number of nitrogens with zero attached hydrogens (tertiary/aromatic N) is 6. The molecule has 14 nitrogen and oxygen atoms in total. The van der Waals surface area contributed by atoms with Crippen LogP contribution in [-0.2, 0) is 32.6 Å². The standard InChI is InChI=1S/C30H32N8O6S2.Na/c1-36(21(39)15-9-12-18-10-5-3-6-11-18)29(44)32-22(19-13-7-4-8-14-19)25(40)31-23-26(41)38-24(28(42)43)20(16-45-27(23)38)17-46-30-33-34-35-37(30)2;/h3-8,10-11,13-14,22-23,27H,9,12,15-17H2,1-2H3,(H,31,40)(H,32,44)(H,42,43);/q;+1/p-1/t22?,23?,27-;/m0./s1. The fraction of sp³-hybridized carbons (Fsp3) is 0.333. The number of aliphatic carboxylic acids is 1. The molecule has 3 heterocycles. The predicted molar refractivity (Wildman–Crippen MR) is 166 cm³/mol. The molecule has 2 aromatic carbocycles. The van der Waals surface area contributed by atoms with E-state index in [9.17, 15) is 29.1 Å². The van der Waals surface area contributed by atoms with Crippen LogP contribution in [0.15, 0.2) is 77.1 Å². The van der Waals surface area contributed by atoms with Gasteiger partial charge < -0.3 is 20.5 Å². The first-order chi connectivity index (χ1) is 22.2. The van der Waals surface area contributed by atoms with Crippen LogP contribution in [0.25, 0.3) is 0 Å². The summed E-state index contributed by atoms with van der Waals surface area (Å²) in [6.45, 7) is 0. The van der Waals surface area contributed by atoms with E-state index in [0.29, 0.717) is 29.1 Å². The van der Waals surface area contributed by atoms with Crippen molar-refractivity contribution in [1.82, 2.24) is 40.6 Å². The van der Waals surface area contributed by atoms with Crippen LogP contribution in [0.5, 0.6) is 0 Å². The molecule has 0 bridgehead atoms. The SMILES string of the molecule is CN(C(=O)CCCc1ccccc1)C(=O)NC(C(=O)NC1C(=O)N2C(C(=O)[O-])=C(CSc3nnnn3C)CS[C@@H]12)c1ccccc1.[Na+]. The van der Waals surface area contributed by atoms with Crippen molar-refractivity contribution in [3.63, 3.8) is 0 Å². The van der Waals surface area contributed by atoms with Crippen molar-refractivity contribution in [2.24, 2.45) is 7.05 Å². The van der Waals surface area contributed by atoms with Gasteiger partial charge in [-0.3, -0.25) is 24.2 Å². The normalized spacial score (nSPS) is 17.5. The summed E-state index contributed by atoms with van der Waals surface area (Å²) in [7, 11) is 3.00. The van der Waals surface area contributed by atoms with Gasteiger partial charge in [-0.05, 0) is 40.0 Å². The smallest absolute Gasteiger partial charge is 0.543 e. The van der Waals surface area contributed by atoms with Gasteiger partial charge in [0.15, 0.2) is 0 Å². The topological polar surface area (TPSA) is 183 Å². The number of fused-ring (bicyclic) bond motifs is 1. The van der Waals surface area contributed by atoms with E-state index in [1.165, 1.54) is 35.3 Å². The van der Waals surface area contributed by atoms with E-state index < -0.39 is 47.2 Å². The van der Waals surface area contributed by atoms with Gasteiger partial charge >= 0.3 is 35.6 Å². The van der Waals surface area contributed by atoms with Gasteiger partial charge in [-0.15, -0.1) is 16.9 Å². The summed E-state index contributed by atoms with van der Waals surface area (Å²) in [5.41, 5.74) is 1.76. The number of aryl methyl sites for hydroxylation is 2. The predicted octanol–water partition coefficient (Wildman–Crippen LogP) is -2.36. The number of carbonyl (C=O) groups is 5. The average molecular weight is 687 g/mol. The Morgan fingerprint density at radius 1 is 1.11 bits per heavy atom. The van der Waals surface area contributed by atoms with E-state index in [0.717, 1.165) is 15.4 Å². The minimum absolute atomic E-state index is 0. The Bertz CT molecular complexity index is 1660. The monoisotopic (exact) mass is 686 g/mol. The Labute approximate surface area is 301 Å². The molecule has 0 radical (unpaired) electrons. The molecule has 3 aromatic rings. The Balaban J connectivity index is 0.00000500. The zero-order valence-electron chi connectivity index (χ0n) is 26.0. The molecule has 1 saturated heterocycles. The number of hydrogen-bond donors (Lipinski definition) is 2. The second-order valence-electron chi connectivity index (χ2n) is 10.6. The van der Waals surface area contributed by atoms with E-state index in [-0.39, 0.29) is 53.2 Å². The number of carboxylic acid groups (broad SMARTS) is 1. The van der Waals surface area contributed by atoms with Crippen LogP contribution in [0.4, 0.5) is 4.79 Å². The van der Waals surface area contributed by atoms with Crippen molar-refractivity contribution in [3.05, 3.63) is 83.1 Å². The number of aromatic nitrogens is 4. The van der Waals surface area contributed by atoms with Gasteiger partial charge in [0.1, 0.15) is 17.5 Å². The van der Waals surface area contributed by atoms with Gasteiger partial charge in [-0.1, -0.05) is 72.4 Å². The molecular weight excluding hydrogens is 656 g/mol. The number of nitrogens with one attached hydrogen (secondary N) is 2. The third-order valence-corrected chi connectivity index (χ3v) is 9.97. The number of carbonyl (C=O) groups excluding carboxylic acids is 5. The van der Waals surface area contributed by atoms with E-state index >= 15 is 0 Å². The van der Waals surface area contributed by atoms with Crippen LogP contribution in [0.1, 0.15) is 30.0 Å². The van der Waals surface area contributed by atoms with E-state index in [1.807, 2.05) is 30.3 Å². The number of urea groups is 1. The molecule has 2 unspecified atom stereocenters. The fourth-order valence-electron chi connectivity index (χ4n) is 5.05. The molecule has 1 aromatic heterocycles.